The van der Waals surface area contributed by atoms with Crippen LogP contribution in [0.25, 0.3) is 16.8 Å². The van der Waals surface area contributed by atoms with Crippen LogP contribution in [-0.2, 0) is 11.2 Å². The Hall–Kier alpha value is -2.83. The number of aromatic nitrogens is 3. The summed E-state index contributed by atoms with van der Waals surface area (Å²) >= 11 is 7.34. The molecule has 0 saturated heterocycles. The van der Waals surface area contributed by atoms with Gasteiger partial charge in [0.2, 0.25) is 5.91 Å². The number of hydrogen-bond acceptors (Lipinski definition) is 4. The molecule has 1 N–H and O–H groups in total. The van der Waals surface area contributed by atoms with Crippen molar-refractivity contribution in [1.29, 1.82) is 0 Å². The number of thioether (sulfide) groups is 1. The van der Waals surface area contributed by atoms with E-state index in [2.05, 4.69) is 46.6 Å². The van der Waals surface area contributed by atoms with Gasteiger partial charge in [-0.05, 0) is 36.2 Å². The maximum absolute atomic E-state index is 12.3. The van der Waals surface area contributed by atoms with E-state index in [1.165, 1.54) is 17.3 Å². The van der Waals surface area contributed by atoms with Crippen molar-refractivity contribution in [2.75, 3.05) is 11.1 Å². The first-order valence-electron chi connectivity index (χ1n) is 9.24. The van der Waals surface area contributed by atoms with E-state index in [0.717, 1.165) is 28.2 Å². The van der Waals surface area contributed by atoms with Crippen LogP contribution in [0.3, 0.4) is 0 Å². The first-order valence-corrected chi connectivity index (χ1v) is 10.6. The summed E-state index contributed by atoms with van der Waals surface area (Å²) in [6.07, 6.45) is 4.52. The third-order valence-corrected chi connectivity index (χ3v) is 5.69. The van der Waals surface area contributed by atoms with Gasteiger partial charge in [0.1, 0.15) is 5.03 Å². The van der Waals surface area contributed by atoms with Gasteiger partial charge in [-0.2, -0.15) is 5.10 Å². The Bertz CT molecular complexity index is 1160. The molecular formula is C22H19ClN4OS. The van der Waals surface area contributed by atoms with E-state index >= 15 is 0 Å². The van der Waals surface area contributed by atoms with E-state index in [1.54, 1.807) is 35.0 Å². The molecule has 4 aromatic rings. The Morgan fingerprint density at radius 1 is 1.17 bits per heavy atom. The molecule has 1 amide bonds. The molecule has 2 heterocycles. The molecule has 0 atom stereocenters. The molecule has 4 rings (SSSR count). The predicted molar refractivity (Wildman–Crippen MR) is 119 cm³/mol. The minimum Gasteiger partial charge on any atom is -0.325 e. The SMILES string of the molecule is CCc1ccc(-c2cc3c(SCC(=O)Nc4cccc(Cl)c4)nccn3n2)cc1. The Kier molecular flexibility index (Phi) is 5.83. The summed E-state index contributed by atoms with van der Waals surface area (Å²) in [5, 5.41) is 8.85. The number of anilines is 1. The molecule has 0 aliphatic heterocycles. The number of rotatable bonds is 6. The second-order valence-corrected chi connectivity index (χ2v) is 7.89. The molecule has 7 heteroatoms. The quantitative estimate of drug-likeness (QED) is 0.426. The number of amides is 1. The van der Waals surface area contributed by atoms with Crippen LogP contribution >= 0.6 is 23.4 Å². The van der Waals surface area contributed by atoms with E-state index in [0.29, 0.717) is 10.7 Å². The highest BCUT2D eigenvalue weighted by Gasteiger charge is 2.12. The van der Waals surface area contributed by atoms with E-state index in [4.69, 9.17) is 11.6 Å². The van der Waals surface area contributed by atoms with Crippen molar-refractivity contribution in [2.45, 2.75) is 18.4 Å². The van der Waals surface area contributed by atoms with Gasteiger partial charge in [0.25, 0.3) is 0 Å². The first-order chi connectivity index (χ1) is 14.1. The second kappa shape index (κ2) is 8.68. The van der Waals surface area contributed by atoms with Crippen LogP contribution in [0.5, 0.6) is 0 Å². The third kappa shape index (κ3) is 4.60. The Morgan fingerprint density at radius 2 is 2.00 bits per heavy atom. The van der Waals surface area contributed by atoms with Gasteiger partial charge >= 0.3 is 0 Å². The molecule has 0 bridgehead atoms. The van der Waals surface area contributed by atoms with Gasteiger partial charge in [-0.3, -0.25) is 4.79 Å². The van der Waals surface area contributed by atoms with Gasteiger partial charge in [0, 0.05) is 28.7 Å². The highest BCUT2D eigenvalue weighted by molar-refractivity contribution is 8.00. The summed E-state index contributed by atoms with van der Waals surface area (Å²) in [6.45, 7) is 2.14. The van der Waals surface area contributed by atoms with Crippen LogP contribution in [0.2, 0.25) is 5.02 Å². The third-order valence-electron chi connectivity index (χ3n) is 4.46. The fourth-order valence-electron chi connectivity index (χ4n) is 2.96. The fraction of sp³-hybridized carbons (Fsp3) is 0.136. The average Bonchev–Trinajstić information content (AvgIpc) is 3.17. The summed E-state index contributed by atoms with van der Waals surface area (Å²) in [7, 11) is 0. The molecule has 29 heavy (non-hydrogen) atoms. The number of benzene rings is 2. The van der Waals surface area contributed by atoms with Gasteiger partial charge in [-0.15, -0.1) is 0 Å². The summed E-state index contributed by atoms with van der Waals surface area (Å²) in [5.74, 6) is 0.126. The van der Waals surface area contributed by atoms with Gasteiger partial charge < -0.3 is 5.32 Å². The molecule has 146 valence electrons. The molecule has 0 unspecified atom stereocenters. The molecule has 0 aliphatic rings. The number of carbonyl (C=O) groups excluding carboxylic acids is 1. The lowest BCUT2D eigenvalue weighted by molar-refractivity contribution is -0.113. The molecule has 0 spiro atoms. The number of nitrogens with one attached hydrogen (secondary N) is 1. The maximum atomic E-state index is 12.3. The number of halogens is 1. The summed E-state index contributed by atoms with van der Waals surface area (Å²) in [4.78, 5) is 16.7. The summed E-state index contributed by atoms with van der Waals surface area (Å²) in [5.41, 5.74) is 4.78. The largest absolute Gasteiger partial charge is 0.325 e. The zero-order valence-electron chi connectivity index (χ0n) is 15.8. The van der Waals surface area contributed by atoms with Crippen molar-refractivity contribution in [3.8, 4) is 11.3 Å². The Balaban J connectivity index is 1.50. The van der Waals surface area contributed by atoms with Gasteiger partial charge in [0.15, 0.2) is 0 Å². The lowest BCUT2D eigenvalue weighted by atomic mass is 10.1. The Morgan fingerprint density at radius 3 is 2.76 bits per heavy atom. The molecule has 2 aromatic carbocycles. The van der Waals surface area contributed by atoms with Crippen LogP contribution in [0.1, 0.15) is 12.5 Å². The summed E-state index contributed by atoms with van der Waals surface area (Å²) < 4.78 is 1.80. The van der Waals surface area contributed by atoms with Crippen molar-refractivity contribution in [1.82, 2.24) is 14.6 Å². The molecule has 0 fully saturated rings. The van der Waals surface area contributed by atoms with Crippen molar-refractivity contribution < 1.29 is 4.79 Å². The standard InChI is InChI=1S/C22H19ClN4OS/c1-2-15-6-8-16(9-7-15)19-13-20-22(24-10-11-27(20)26-19)29-14-21(28)25-18-5-3-4-17(23)12-18/h3-13H,2,14H2,1H3,(H,25,28). The van der Waals surface area contributed by atoms with Crippen LogP contribution < -0.4 is 5.32 Å². The number of aryl methyl sites for hydroxylation is 1. The average molecular weight is 423 g/mol. The highest BCUT2D eigenvalue weighted by Crippen LogP contribution is 2.26. The van der Waals surface area contributed by atoms with E-state index in [9.17, 15) is 4.79 Å². The molecule has 0 aliphatic carbocycles. The normalized spacial score (nSPS) is 11.0. The molecule has 5 nitrogen and oxygen atoms in total. The Labute approximate surface area is 178 Å². The van der Waals surface area contributed by atoms with E-state index in [-0.39, 0.29) is 11.7 Å². The topological polar surface area (TPSA) is 59.3 Å². The van der Waals surface area contributed by atoms with Gasteiger partial charge in [-0.1, -0.05) is 60.6 Å². The summed E-state index contributed by atoms with van der Waals surface area (Å²) in [6, 6.07) is 17.5. The smallest absolute Gasteiger partial charge is 0.234 e. The van der Waals surface area contributed by atoms with Gasteiger partial charge in [-0.25, -0.2) is 9.50 Å². The van der Waals surface area contributed by atoms with Crippen molar-refractivity contribution >= 4 is 40.5 Å². The van der Waals surface area contributed by atoms with Crippen LogP contribution in [0.15, 0.2) is 72.0 Å². The lowest BCUT2D eigenvalue weighted by Crippen LogP contribution is -2.14. The lowest BCUT2D eigenvalue weighted by Gasteiger charge is -2.05. The van der Waals surface area contributed by atoms with E-state index in [1.807, 2.05) is 12.3 Å². The zero-order chi connectivity index (χ0) is 20.2. The monoisotopic (exact) mass is 422 g/mol. The number of nitrogens with zero attached hydrogens (tertiary/aromatic N) is 3. The van der Waals surface area contributed by atoms with Crippen molar-refractivity contribution in [2.24, 2.45) is 0 Å². The van der Waals surface area contributed by atoms with Crippen LogP contribution in [0.4, 0.5) is 5.69 Å². The van der Waals surface area contributed by atoms with Crippen molar-refractivity contribution in [3.05, 3.63) is 77.6 Å². The fourth-order valence-corrected chi connectivity index (χ4v) is 3.92. The minimum absolute atomic E-state index is 0.115. The first kappa shape index (κ1) is 19.5. The maximum Gasteiger partial charge on any atom is 0.234 e. The molecular weight excluding hydrogens is 404 g/mol. The minimum atomic E-state index is -0.115. The molecule has 2 aromatic heterocycles. The van der Waals surface area contributed by atoms with E-state index < -0.39 is 0 Å². The van der Waals surface area contributed by atoms with Crippen LogP contribution in [-0.4, -0.2) is 26.3 Å². The zero-order valence-corrected chi connectivity index (χ0v) is 17.4. The predicted octanol–water partition coefficient (Wildman–Crippen LogP) is 5.34. The number of carbonyl (C=O) groups is 1. The van der Waals surface area contributed by atoms with Gasteiger partial charge in [0.05, 0.1) is 17.0 Å². The highest BCUT2D eigenvalue weighted by atomic mass is 35.5. The molecule has 0 radical (unpaired) electrons. The second-order valence-electron chi connectivity index (χ2n) is 6.49. The molecule has 0 saturated carbocycles. The van der Waals surface area contributed by atoms with Crippen molar-refractivity contribution in [3.63, 3.8) is 0 Å². The van der Waals surface area contributed by atoms with Crippen LogP contribution in [0, 0.1) is 0 Å². The number of fused-ring (bicyclic) bond motifs is 1. The number of hydrogen-bond donors (Lipinski definition) is 1.